The van der Waals surface area contributed by atoms with Crippen molar-refractivity contribution in [1.82, 2.24) is 5.32 Å². The van der Waals surface area contributed by atoms with E-state index in [2.05, 4.69) is 12.4 Å². The Morgan fingerprint density at radius 3 is 2.21 bits per heavy atom. The number of hydrogen-bond donors (Lipinski definition) is 1. The largest absolute Gasteiger partial charge is 0.317 e. The molecule has 0 radical (unpaired) electrons. The summed E-state index contributed by atoms with van der Waals surface area (Å²) in [4.78, 5) is 0. The van der Waals surface area contributed by atoms with E-state index in [4.69, 9.17) is 0 Å². The molecule has 2 aliphatic rings. The van der Waals surface area contributed by atoms with Gasteiger partial charge in [-0.05, 0) is 44.6 Å². The first-order valence-corrected chi connectivity index (χ1v) is 9.82. The predicted octanol–water partition coefficient (Wildman–Crippen LogP) is 2.76. The smallest absolute Gasteiger partial charge is 0.150 e. The van der Waals surface area contributed by atoms with E-state index in [0.717, 1.165) is 25.2 Å². The van der Waals surface area contributed by atoms with Gasteiger partial charge in [-0.3, -0.25) is 0 Å². The van der Waals surface area contributed by atoms with Crippen molar-refractivity contribution in [2.75, 3.05) is 13.3 Å². The maximum Gasteiger partial charge on any atom is 0.150 e. The summed E-state index contributed by atoms with van der Waals surface area (Å²) in [6.45, 7) is 0. The van der Waals surface area contributed by atoms with E-state index in [0.29, 0.717) is 12.0 Å². The van der Waals surface area contributed by atoms with Crippen LogP contribution in [0.15, 0.2) is 0 Å². The molecule has 2 fully saturated rings. The van der Waals surface area contributed by atoms with E-state index in [1.54, 1.807) is 0 Å². The van der Waals surface area contributed by atoms with Gasteiger partial charge in [0.15, 0.2) is 0 Å². The van der Waals surface area contributed by atoms with Crippen molar-refractivity contribution in [3.8, 4) is 0 Å². The Morgan fingerprint density at radius 1 is 0.895 bits per heavy atom. The van der Waals surface area contributed by atoms with Crippen molar-refractivity contribution in [1.29, 1.82) is 0 Å². The molecule has 2 rings (SSSR count). The van der Waals surface area contributed by atoms with Crippen LogP contribution >= 0.6 is 0 Å². The summed E-state index contributed by atoms with van der Waals surface area (Å²) < 4.78 is 23.6. The minimum absolute atomic E-state index is 0.0671. The number of hydrogen-bond acceptors (Lipinski definition) is 3. The molecule has 112 valence electrons. The summed E-state index contributed by atoms with van der Waals surface area (Å²) in [6, 6.07) is 0.645. The van der Waals surface area contributed by atoms with E-state index < -0.39 is 9.84 Å². The third-order valence-corrected chi connectivity index (χ3v) is 6.95. The van der Waals surface area contributed by atoms with E-state index in [1.165, 1.54) is 44.8 Å². The molecule has 0 heterocycles. The summed E-state index contributed by atoms with van der Waals surface area (Å²) in [6.07, 6.45) is 12.1. The third-order valence-electron chi connectivity index (χ3n) is 5.31. The Bertz CT molecular complexity index is 380. The zero-order chi connectivity index (χ0) is 13.9. The van der Waals surface area contributed by atoms with Crippen LogP contribution in [0, 0.1) is 11.8 Å². The zero-order valence-electron chi connectivity index (χ0n) is 12.4. The first kappa shape index (κ1) is 15.3. The van der Waals surface area contributed by atoms with Crippen LogP contribution in [0.5, 0.6) is 0 Å². The Hall–Kier alpha value is -0.0900. The summed E-state index contributed by atoms with van der Waals surface area (Å²) >= 11 is 0. The van der Waals surface area contributed by atoms with Crippen LogP contribution in [0.25, 0.3) is 0 Å². The standard InChI is InChI=1S/C15H29NO2S/c1-16-14-8-4-3-6-12(10-14)13-7-5-9-15(11-13)19(2,17)18/h12-16H,3-11H2,1-2H3. The first-order chi connectivity index (χ1) is 9.00. The molecule has 4 atom stereocenters. The van der Waals surface area contributed by atoms with Crippen molar-refractivity contribution in [3.05, 3.63) is 0 Å². The molecule has 0 aliphatic heterocycles. The van der Waals surface area contributed by atoms with Gasteiger partial charge in [0.05, 0.1) is 5.25 Å². The fourth-order valence-electron chi connectivity index (χ4n) is 4.09. The van der Waals surface area contributed by atoms with Gasteiger partial charge in [0, 0.05) is 12.3 Å². The SMILES string of the molecule is CNC1CCCCC(C2CCCC(S(C)(=O)=O)C2)C1. The van der Waals surface area contributed by atoms with Crippen molar-refractivity contribution in [2.24, 2.45) is 11.8 Å². The summed E-state index contributed by atoms with van der Waals surface area (Å²) in [5, 5.41) is 3.37. The maximum atomic E-state index is 11.8. The second kappa shape index (κ2) is 6.57. The predicted molar refractivity (Wildman–Crippen MR) is 80.0 cm³/mol. The molecule has 0 bridgehead atoms. The molecule has 4 heteroatoms. The highest BCUT2D eigenvalue weighted by atomic mass is 32.2. The van der Waals surface area contributed by atoms with Gasteiger partial charge in [-0.2, -0.15) is 0 Å². The first-order valence-electron chi connectivity index (χ1n) is 7.87. The highest BCUT2D eigenvalue weighted by Crippen LogP contribution is 2.39. The lowest BCUT2D eigenvalue weighted by Gasteiger charge is -2.34. The van der Waals surface area contributed by atoms with Crippen LogP contribution in [0.1, 0.15) is 57.8 Å². The van der Waals surface area contributed by atoms with Crippen LogP contribution in [0.2, 0.25) is 0 Å². The topological polar surface area (TPSA) is 46.2 Å². The van der Waals surface area contributed by atoms with Crippen LogP contribution in [0.3, 0.4) is 0 Å². The Labute approximate surface area is 118 Å². The molecule has 19 heavy (non-hydrogen) atoms. The van der Waals surface area contributed by atoms with E-state index in [1.807, 2.05) is 0 Å². The van der Waals surface area contributed by atoms with Crippen molar-refractivity contribution < 1.29 is 8.42 Å². The van der Waals surface area contributed by atoms with E-state index in [9.17, 15) is 8.42 Å². The second-order valence-corrected chi connectivity index (χ2v) is 8.97. The van der Waals surface area contributed by atoms with E-state index in [-0.39, 0.29) is 5.25 Å². The van der Waals surface area contributed by atoms with Gasteiger partial charge in [-0.15, -0.1) is 0 Å². The van der Waals surface area contributed by atoms with Crippen LogP contribution in [0.4, 0.5) is 0 Å². The van der Waals surface area contributed by atoms with Gasteiger partial charge in [-0.1, -0.05) is 32.1 Å². The summed E-state index contributed by atoms with van der Waals surface area (Å²) in [5.41, 5.74) is 0. The van der Waals surface area contributed by atoms with Gasteiger partial charge in [0.1, 0.15) is 9.84 Å². The average molecular weight is 287 g/mol. The molecule has 4 unspecified atom stereocenters. The number of rotatable bonds is 3. The Morgan fingerprint density at radius 2 is 1.53 bits per heavy atom. The minimum Gasteiger partial charge on any atom is -0.317 e. The molecule has 2 saturated carbocycles. The monoisotopic (exact) mass is 287 g/mol. The maximum absolute atomic E-state index is 11.8. The number of nitrogens with one attached hydrogen (secondary N) is 1. The molecule has 0 saturated heterocycles. The molecule has 0 aromatic rings. The van der Waals surface area contributed by atoms with Gasteiger partial charge < -0.3 is 5.32 Å². The molecule has 3 nitrogen and oxygen atoms in total. The Balaban J connectivity index is 1.99. The molecule has 0 amide bonds. The lowest BCUT2D eigenvalue weighted by molar-refractivity contribution is 0.217. The summed E-state index contributed by atoms with van der Waals surface area (Å²) in [7, 11) is -0.779. The fraction of sp³-hybridized carbons (Fsp3) is 1.00. The van der Waals surface area contributed by atoms with Crippen LogP contribution in [-0.4, -0.2) is 33.0 Å². The molecule has 0 aromatic heterocycles. The molecular formula is C15H29NO2S. The van der Waals surface area contributed by atoms with Crippen molar-refractivity contribution in [2.45, 2.75) is 69.1 Å². The average Bonchev–Trinajstić information content (AvgIpc) is 2.63. The second-order valence-electron chi connectivity index (χ2n) is 6.64. The third kappa shape index (κ3) is 4.19. The molecule has 0 aromatic carbocycles. The normalized spacial score (nSPS) is 37.8. The van der Waals surface area contributed by atoms with Crippen LogP contribution < -0.4 is 5.32 Å². The molecule has 1 N–H and O–H groups in total. The highest BCUT2D eigenvalue weighted by Gasteiger charge is 2.34. The summed E-state index contributed by atoms with van der Waals surface area (Å²) in [5.74, 6) is 1.38. The van der Waals surface area contributed by atoms with Crippen molar-refractivity contribution >= 4 is 9.84 Å². The van der Waals surface area contributed by atoms with Gasteiger partial charge in [-0.25, -0.2) is 8.42 Å². The zero-order valence-corrected chi connectivity index (χ0v) is 13.2. The number of sulfone groups is 1. The van der Waals surface area contributed by atoms with Crippen LogP contribution in [-0.2, 0) is 9.84 Å². The molecular weight excluding hydrogens is 258 g/mol. The lowest BCUT2D eigenvalue weighted by atomic mass is 9.76. The van der Waals surface area contributed by atoms with Gasteiger partial charge in [0.25, 0.3) is 0 Å². The quantitative estimate of drug-likeness (QED) is 0.812. The van der Waals surface area contributed by atoms with Gasteiger partial charge >= 0.3 is 0 Å². The Kier molecular flexibility index (Phi) is 5.29. The minimum atomic E-state index is -2.84. The van der Waals surface area contributed by atoms with Gasteiger partial charge in [0.2, 0.25) is 0 Å². The molecule has 0 spiro atoms. The van der Waals surface area contributed by atoms with E-state index >= 15 is 0 Å². The highest BCUT2D eigenvalue weighted by molar-refractivity contribution is 7.91. The lowest BCUT2D eigenvalue weighted by Crippen LogP contribution is -2.33. The fourth-order valence-corrected chi connectivity index (χ4v) is 5.28. The van der Waals surface area contributed by atoms with Crippen molar-refractivity contribution in [3.63, 3.8) is 0 Å². The molecule has 2 aliphatic carbocycles.